The van der Waals surface area contributed by atoms with Gasteiger partial charge in [0.15, 0.2) is 0 Å². The quantitative estimate of drug-likeness (QED) is 0.601. The highest BCUT2D eigenvalue weighted by molar-refractivity contribution is 5.98. The average Bonchev–Trinajstić information content (AvgIpc) is 2.83. The van der Waals surface area contributed by atoms with E-state index in [9.17, 15) is 9.59 Å². The van der Waals surface area contributed by atoms with Gasteiger partial charge in [0.1, 0.15) is 5.92 Å². The average molecular weight is 299 g/mol. The maximum atomic E-state index is 12.8. The third kappa shape index (κ3) is 4.70. The van der Waals surface area contributed by atoms with E-state index in [1.54, 1.807) is 6.92 Å². The van der Waals surface area contributed by atoms with E-state index in [0.29, 0.717) is 13.0 Å². The van der Waals surface area contributed by atoms with Crippen LogP contribution in [0.5, 0.6) is 0 Å². The number of aliphatic hydroxyl groups is 1. The van der Waals surface area contributed by atoms with Gasteiger partial charge < -0.3 is 14.7 Å². The van der Waals surface area contributed by atoms with Gasteiger partial charge in [-0.25, -0.2) is 0 Å². The Balaban J connectivity index is 2.86. The van der Waals surface area contributed by atoms with Gasteiger partial charge in [-0.2, -0.15) is 0 Å². The number of likely N-dealkylation sites (tertiary alicyclic amines) is 1. The molecular weight excluding hydrogens is 270 g/mol. The molecule has 0 aliphatic carbocycles. The van der Waals surface area contributed by atoms with Crippen molar-refractivity contribution >= 4 is 11.9 Å². The van der Waals surface area contributed by atoms with Crippen LogP contribution in [0.3, 0.4) is 0 Å². The Morgan fingerprint density at radius 3 is 2.57 bits per heavy atom. The van der Waals surface area contributed by atoms with E-state index in [0.717, 1.165) is 19.3 Å². The third-order valence-corrected chi connectivity index (χ3v) is 3.99. The first-order chi connectivity index (χ1) is 9.82. The Kier molecular flexibility index (Phi) is 6.65. The highest BCUT2D eigenvalue weighted by Crippen LogP contribution is 2.32. The highest BCUT2D eigenvalue weighted by Gasteiger charge is 2.43. The van der Waals surface area contributed by atoms with Crippen molar-refractivity contribution in [2.24, 2.45) is 11.3 Å². The third-order valence-electron chi connectivity index (χ3n) is 3.99. The van der Waals surface area contributed by atoms with E-state index >= 15 is 0 Å². The topological polar surface area (TPSA) is 66.8 Å². The Bertz CT molecular complexity index is 362. The molecule has 1 N–H and O–H groups in total. The van der Waals surface area contributed by atoms with Gasteiger partial charge in [-0.3, -0.25) is 9.59 Å². The lowest BCUT2D eigenvalue weighted by Crippen LogP contribution is -2.47. The minimum atomic E-state index is -0.757. The number of carbonyl (C=O) groups excluding carboxylic acids is 2. The zero-order valence-corrected chi connectivity index (χ0v) is 13.7. The van der Waals surface area contributed by atoms with Gasteiger partial charge >= 0.3 is 5.97 Å². The molecule has 2 atom stereocenters. The molecule has 0 spiro atoms. The fourth-order valence-corrected chi connectivity index (χ4v) is 2.97. The van der Waals surface area contributed by atoms with Crippen molar-refractivity contribution < 1.29 is 19.4 Å². The lowest BCUT2D eigenvalue weighted by atomic mass is 9.79. The van der Waals surface area contributed by atoms with Crippen LogP contribution in [-0.2, 0) is 14.3 Å². The number of esters is 1. The van der Waals surface area contributed by atoms with Gasteiger partial charge in [0.05, 0.1) is 6.61 Å². The number of aliphatic hydroxyl groups excluding tert-OH is 1. The van der Waals surface area contributed by atoms with Gasteiger partial charge in [-0.15, -0.1) is 0 Å². The molecule has 0 aromatic heterocycles. The number of ether oxygens (including phenoxy) is 1. The second kappa shape index (κ2) is 7.78. The van der Waals surface area contributed by atoms with Gasteiger partial charge in [-0.05, 0) is 38.0 Å². The second-order valence-electron chi connectivity index (χ2n) is 6.74. The molecule has 0 saturated carbocycles. The first-order valence-corrected chi connectivity index (χ1v) is 7.90. The van der Waals surface area contributed by atoms with Crippen molar-refractivity contribution in [3.8, 4) is 0 Å². The fourth-order valence-electron chi connectivity index (χ4n) is 2.97. The zero-order valence-electron chi connectivity index (χ0n) is 13.7. The molecule has 122 valence electrons. The number of hydrogen-bond donors (Lipinski definition) is 1. The van der Waals surface area contributed by atoms with Crippen molar-refractivity contribution in [1.29, 1.82) is 0 Å². The van der Waals surface area contributed by atoms with E-state index in [1.165, 1.54) is 0 Å². The van der Waals surface area contributed by atoms with Crippen LogP contribution in [0, 0.1) is 11.3 Å². The van der Waals surface area contributed by atoms with Gasteiger partial charge in [0.25, 0.3) is 0 Å². The summed E-state index contributed by atoms with van der Waals surface area (Å²) in [5.41, 5.74) is -0.465. The molecule has 1 aliphatic rings. The molecule has 5 heteroatoms. The first kappa shape index (κ1) is 18.0. The SMILES string of the molecule is CCOC(=O)C(C(=O)N1CCCC1CCCO)C(C)(C)C. The van der Waals surface area contributed by atoms with Crippen molar-refractivity contribution in [2.45, 2.75) is 59.4 Å². The van der Waals surface area contributed by atoms with Crippen molar-refractivity contribution in [3.05, 3.63) is 0 Å². The van der Waals surface area contributed by atoms with Crippen molar-refractivity contribution in [1.82, 2.24) is 4.90 Å². The van der Waals surface area contributed by atoms with E-state index in [2.05, 4.69) is 0 Å². The van der Waals surface area contributed by atoms with Gasteiger partial charge in [0.2, 0.25) is 5.91 Å². The maximum Gasteiger partial charge on any atom is 0.319 e. The molecule has 21 heavy (non-hydrogen) atoms. The number of hydrogen-bond acceptors (Lipinski definition) is 4. The summed E-state index contributed by atoms with van der Waals surface area (Å²) in [6.45, 7) is 8.55. The highest BCUT2D eigenvalue weighted by atomic mass is 16.5. The lowest BCUT2D eigenvalue weighted by Gasteiger charge is -2.34. The molecule has 0 aromatic carbocycles. The van der Waals surface area contributed by atoms with Crippen LogP contribution in [0.25, 0.3) is 0 Å². The molecule has 1 saturated heterocycles. The molecular formula is C16H29NO4. The minimum Gasteiger partial charge on any atom is -0.465 e. The van der Waals surface area contributed by atoms with E-state index in [1.807, 2.05) is 25.7 Å². The predicted octanol–water partition coefficient (Wildman–Crippen LogP) is 1.98. The standard InChI is InChI=1S/C16H29NO4/c1-5-21-15(20)13(16(2,3)4)14(19)17-10-6-8-12(17)9-7-11-18/h12-13,18H,5-11H2,1-4H3. The van der Waals surface area contributed by atoms with Crippen LogP contribution in [-0.4, -0.2) is 47.7 Å². The molecule has 1 aliphatic heterocycles. The minimum absolute atomic E-state index is 0.124. The maximum absolute atomic E-state index is 12.8. The molecule has 1 heterocycles. The number of rotatable bonds is 6. The van der Waals surface area contributed by atoms with Gasteiger partial charge in [0, 0.05) is 19.2 Å². The lowest BCUT2D eigenvalue weighted by molar-refractivity contribution is -0.161. The normalized spacial score (nSPS) is 20.4. The van der Waals surface area contributed by atoms with Crippen LogP contribution in [0.4, 0.5) is 0 Å². The van der Waals surface area contributed by atoms with Gasteiger partial charge in [-0.1, -0.05) is 20.8 Å². The summed E-state index contributed by atoms with van der Waals surface area (Å²) in [7, 11) is 0. The summed E-state index contributed by atoms with van der Waals surface area (Å²) in [6, 6.07) is 0.143. The van der Waals surface area contributed by atoms with Crippen LogP contribution >= 0.6 is 0 Å². The second-order valence-corrected chi connectivity index (χ2v) is 6.74. The molecule has 1 rings (SSSR count). The van der Waals surface area contributed by atoms with Crippen LogP contribution in [0.15, 0.2) is 0 Å². The molecule has 0 aromatic rings. The Hall–Kier alpha value is -1.10. The summed E-state index contributed by atoms with van der Waals surface area (Å²) in [4.78, 5) is 26.9. The number of amides is 1. The first-order valence-electron chi connectivity index (χ1n) is 7.90. The summed E-state index contributed by atoms with van der Waals surface area (Å²) in [5, 5.41) is 8.97. The summed E-state index contributed by atoms with van der Waals surface area (Å²) < 4.78 is 5.10. The fraction of sp³-hybridized carbons (Fsp3) is 0.875. The Morgan fingerprint density at radius 1 is 1.38 bits per heavy atom. The Labute approximate surface area is 127 Å². The predicted molar refractivity (Wildman–Crippen MR) is 80.6 cm³/mol. The monoisotopic (exact) mass is 299 g/mol. The summed E-state index contributed by atoms with van der Waals surface area (Å²) in [5.74, 6) is -1.31. The molecule has 0 radical (unpaired) electrons. The summed E-state index contributed by atoms with van der Waals surface area (Å²) in [6.07, 6.45) is 3.39. The zero-order chi connectivity index (χ0) is 16.0. The van der Waals surface area contributed by atoms with E-state index in [-0.39, 0.29) is 25.2 Å². The molecule has 1 fully saturated rings. The molecule has 0 bridgehead atoms. The van der Waals surface area contributed by atoms with Crippen LogP contribution < -0.4 is 0 Å². The molecule has 1 amide bonds. The van der Waals surface area contributed by atoms with Crippen molar-refractivity contribution in [2.75, 3.05) is 19.8 Å². The Morgan fingerprint density at radius 2 is 2.05 bits per heavy atom. The van der Waals surface area contributed by atoms with E-state index < -0.39 is 17.3 Å². The largest absolute Gasteiger partial charge is 0.465 e. The number of carbonyl (C=O) groups is 2. The van der Waals surface area contributed by atoms with Crippen LogP contribution in [0.2, 0.25) is 0 Å². The van der Waals surface area contributed by atoms with Crippen molar-refractivity contribution in [3.63, 3.8) is 0 Å². The molecule has 2 unspecified atom stereocenters. The van der Waals surface area contributed by atoms with Crippen LogP contribution in [0.1, 0.15) is 53.4 Å². The summed E-state index contributed by atoms with van der Waals surface area (Å²) >= 11 is 0. The number of nitrogens with zero attached hydrogens (tertiary/aromatic N) is 1. The molecule has 5 nitrogen and oxygen atoms in total. The smallest absolute Gasteiger partial charge is 0.319 e. The van der Waals surface area contributed by atoms with E-state index in [4.69, 9.17) is 9.84 Å².